The van der Waals surface area contributed by atoms with E-state index in [0.29, 0.717) is 30.9 Å². The van der Waals surface area contributed by atoms with Crippen LogP contribution >= 0.6 is 0 Å². The van der Waals surface area contributed by atoms with Gasteiger partial charge in [0.15, 0.2) is 0 Å². The molecule has 2 aromatic rings. The van der Waals surface area contributed by atoms with Gasteiger partial charge in [0.2, 0.25) is 0 Å². The summed E-state index contributed by atoms with van der Waals surface area (Å²) in [6.07, 6.45) is -0.666. The zero-order valence-electron chi connectivity index (χ0n) is 32.0. The molecule has 13 heteroatoms. The molecular weight excluding hydrogens is 665 g/mol. The van der Waals surface area contributed by atoms with Gasteiger partial charge in [-0.05, 0) is 95.5 Å². The number of aldehydes is 1. The number of methoxy groups -OCH3 is 2. The van der Waals surface area contributed by atoms with Crippen LogP contribution in [0.5, 0.6) is 11.5 Å². The largest absolute Gasteiger partial charge is 0.497 e. The maximum absolute atomic E-state index is 13.9. The first kappa shape index (κ1) is 45.0. The Bertz CT molecular complexity index is 1350. The predicted octanol–water partition coefficient (Wildman–Crippen LogP) is 7.51. The summed E-state index contributed by atoms with van der Waals surface area (Å²) in [5.41, 5.74) is -0.798. The minimum atomic E-state index is -4.66. The monoisotopic (exact) mass is 724 g/mol. The molecule has 3 rings (SSSR count). The fraction of sp³-hybridized carbons (Fsp3) is 0.605. The van der Waals surface area contributed by atoms with Crippen molar-refractivity contribution in [2.45, 2.75) is 92.4 Å². The lowest BCUT2D eigenvalue weighted by atomic mass is 9.91. The number of alkyl carbamates (subject to hydrolysis) is 1. The highest BCUT2D eigenvalue weighted by Crippen LogP contribution is 2.37. The number of hydrogen-bond acceptors (Lipinski definition) is 8. The zero-order chi connectivity index (χ0) is 38.8. The van der Waals surface area contributed by atoms with E-state index in [1.807, 2.05) is 52.0 Å². The number of likely N-dealkylation sites (N-methyl/N-ethyl adjacent to an activating group) is 1. The van der Waals surface area contributed by atoms with Crippen molar-refractivity contribution in [3.63, 3.8) is 0 Å². The van der Waals surface area contributed by atoms with E-state index in [0.717, 1.165) is 49.7 Å². The number of carbonyl (C=O) groups is 3. The van der Waals surface area contributed by atoms with Crippen molar-refractivity contribution in [1.82, 2.24) is 15.5 Å². The molecule has 0 bridgehead atoms. The summed E-state index contributed by atoms with van der Waals surface area (Å²) in [5, 5.41) is 5.76. The lowest BCUT2D eigenvalue weighted by molar-refractivity contribution is -0.138. The number of benzene rings is 2. The predicted molar refractivity (Wildman–Crippen MR) is 196 cm³/mol. The van der Waals surface area contributed by atoms with E-state index in [1.165, 1.54) is 19.6 Å². The number of alkyl halides is 3. The zero-order valence-corrected chi connectivity index (χ0v) is 32.0. The molecule has 2 amide bonds. The third-order valence-electron chi connectivity index (χ3n) is 8.36. The molecule has 1 aliphatic heterocycles. The van der Waals surface area contributed by atoms with Gasteiger partial charge in [0, 0.05) is 44.5 Å². The van der Waals surface area contributed by atoms with E-state index in [4.69, 9.17) is 9.47 Å². The number of aryl methyl sites for hydroxylation is 1. The first-order valence-electron chi connectivity index (χ1n) is 17.5. The normalized spacial score (nSPS) is 15.1. The van der Waals surface area contributed by atoms with Crippen LogP contribution in [-0.4, -0.2) is 89.3 Å². The van der Waals surface area contributed by atoms with Crippen LogP contribution in [0.25, 0.3) is 0 Å². The Labute approximate surface area is 302 Å². The molecule has 0 aliphatic carbocycles. The van der Waals surface area contributed by atoms with Gasteiger partial charge in [0.25, 0.3) is 5.91 Å². The molecule has 51 heavy (non-hydrogen) atoms. The van der Waals surface area contributed by atoms with Crippen LogP contribution in [0.2, 0.25) is 0 Å². The maximum Gasteiger partial charge on any atom is 0.417 e. The summed E-state index contributed by atoms with van der Waals surface area (Å²) < 4.78 is 56.8. The molecule has 0 saturated carbocycles. The van der Waals surface area contributed by atoms with Crippen LogP contribution in [-0.2, 0) is 15.7 Å². The van der Waals surface area contributed by atoms with Gasteiger partial charge in [-0.2, -0.15) is 13.2 Å². The minimum absolute atomic E-state index is 0.163. The fourth-order valence-corrected chi connectivity index (χ4v) is 5.21. The smallest absolute Gasteiger partial charge is 0.417 e. The van der Waals surface area contributed by atoms with Crippen molar-refractivity contribution in [3.05, 3.63) is 53.1 Å². The molecule has 2 aromatic carbocycles. The number of anilines is 1. The summed E-state index contributed by atoms with van der Waals surface area (Å²) in [6.45, 7) is 15.7. The average molecular weight is 725 g/mol. The van der Waals surface area contributed by atoms with E-state index >= 15 is 0 Å². The Kier molecular flexibility index (Phi) is 19.5. The molecule has 0 aromatic heterocycles. The SMILES string of the molecule is CCC.CCC(C)(C=O)COc1ccc(OC)cc1.COC(=O)NCCN(C)c1cc(C(=O)N(C(C)C)C2CCCNC2)c(C(F)(F)F)cc1C. The van der Waals surface area contributed by atoms with Crippen LogP contribution in [0.3, 0.4) is 0 Å². The number of amides is 2. The second-order valence-electron chi connectivity index (χ2n) is 13.1. The van der Waals surface area contributed by atoms with E-state index < -0.39 is 29.2 Å². The Morgan fingerprint density at radius 1 is 1.08 bits per heavy atom. The lowest BCUT2D eigenvalue weighted by Gasteiger charge is -2.38. The number of ether oxygens (including phenoxy) is 3. The summed E-state index contributed by atoms with van der Waals surface area (Å²) in [6, 6.07) is 9.27. The molecule has 1 aliphatic rings. The van der Waals surface area contributed by atoms with Gasteiger partial charge in [0.05, 0.1) is 30.8 Å². The summed E-state index contributed by atoms with van der Waals surface area (Å²) >= 11 is 0. The molecular formula is C38H59F3N4O6. The third-order valence-corrected chi connectivity index (χ3v) is 8.36. The van der Waals surface area contributed by atoms with Crippen molar-refractivity contribution < 1.29 is 41.8 Å². The van der Waals surface area contributed by atoms with Crippen LogP contribution in [0.4, 0.5) is 23.7 Å². The second kappa shape index (κ2) is 22.0. The fourth-order valence-electron chi connectivity index (χ4n) is 5.21. The van der Waals surface area contributed by atoms with E-state index in [9.17, 15) is 27.6 Å². The van der Waals surface area contributed by atoms with Crippen molar-refractivity contribution in [2.24, 2.45) is 5.41 Å². The maximum atomic E-state index is 13.9. The van der Waals surface area contributed by atoms with E-state index in [1.54, 1.807) is 30.9 Å². The van der Waals surface area contributed by atoms with Crippen molar-refractivity contribution in [2.75, 3.05) is 59.0 Å². The van der Waals surface area contributed by atoms with Crippen LogP contribution in [0.15, 0.2) is 36.4 Å². The summed E-state index contributed by atoms with van der Waals surface area (Å²) in [5.74, 6) is 0.923. The average Bonchev–Trinajstić information content (AvgIpc) is 3.11. The Morgan fingerprint density at radius 2 is 1.69 bits per heavy atom. The molecule has 1 heterocycles. The minimum Gasteiger partial charge on any atom is -0.497 e. The summed E-state index contributed by atoms with van der Waals surface area (Å²) in [4.78, 5) is 38.9. The highest BCUT2D eigenvalue weighted by atomic mass is 19.4. The number of nitrogens with zero attached hydrogens (tertiary/aromatic N) is 2. The van der Waals surface area contributed by atoms with Crippen molar-refractivity contribution in [1.29, 1.82) is 0 Å². The Morgan fingerprint density at radius 3 is 2.16 bits per heavy atom. The molecule has 2 unspecified atom stereocenters. The van der Waals surface area contributed by atoms with E-state index in [-0.39, 0.29) is 24.2 Å². The molecule has 0 radical (unpaired) electrons. The topological polar surface area (TPSA) is 109 Å². The number of nitrogens with one attached hydrogen (secondary N) is 2. The van der Waals surface area contributed by atoms with Gasteiger partial charge in [-0.1, -0.05) is 27.2 Å². The van der Waals surface area contributed by atoms with Crippen molar-refractivity contribution in [3.8, 4) is 11.5 Å². The Balaban J connectivity index is 0.000000570. The van der Waals surface area contributed by atoms with Crippen LogP contribution in [0.1, 0.15) is 88.7 Å². The first-order chi connectivity index (χ1) is 24.0. The van der Waals surface area contributed by atoms with Gasteiger partial charge >= 0.3 is 12.3 Å². The second-order valence-corrected chi connectivity index (χ2v) is 13.1. The molecule has 10 nitrogen and oxygen atoms in total. The van der Waals surface area contributed by atoms with Gasteiger partial charge in [-0.25, -0.2) is 4.79 Å². The number of piperidine rings is 1. The molecule has 2 atom stereocenters. The quantitative estimate of drug-likeness (QED) is 0.205. The molecule has 0 spiro atoms. The van der Waals surface area contributed by atoms with Crippen LogP contribution < -0.4 is 25.0 Å². The highest BCUT2D eigenvalue weighted by molar-refractivity contribution is 5.97. The van der Waals surface area contributed by atoms with E-state index in [2.05, 4.69) is 29.2 Å². The first-order valence-corrected chi connectivity index (χ1v) is 17.5. The number of halogens is 3. The van der Waals surface area contributed by atoms with Crippen molar-refractivity contribution >= 4 is 24.0 Å². The van der Waals surface area contributed by atoms with Gasteiger partial charge < -0.3 is 39.4 Å². The van der Waals surface area contributed by atoms with Gasteiger partial charge in [-0.15, -0.1) is 0 Å². The lowest BCUT2D eigenvalue weighted by Crippen LogP contribution is -2.52. The molecule has 2 N–H and O–H groups in total. The number of rotatable bonds is 13. The summed E-state index contributed by atoms with van der Waals surface area (Å²) in [7, 11) is 4.57. The molecule has 288 valence electrons. The number of carbonyl (C=O) groups excluding carboxylic acids is 3. The highest BCUT2D eigenvalue weighted by Gasteiger charge is 2.39. The third kappa shape index (κ3) is 14.6. The number of hydrogen-bond donors (Lipinski definition) is 2. The Hall–Kier alpha value is -4.00. The molecule has 1 saturated heterocycles. The van der Waals surface area contributed by atoms with Gasteiger partial charge in [-0.3, -0.25) is 4.79 Å². The standard InChI is InChI=1S/C22H33F3N4O3.C13H18O3.C3H8/c1-14(2)29(16-7-6-8-26-13-16)20(30)17-12-19(15(3)11-18(17)22(23,24)25)28(4)10-9-27-21(31)32-5;1-4-13(2,9-14)10-16-12-7-5-11(15-3)6-8-12;1-3-2/h11-12,14,16,26H,6-10,13H2,1-5H3,(H,27,31);5-9H,4,10H2,1-3H3;3H2,1-2H3. The van der Waals surface area contributed by atoms with Gasteiger partial charge in [0.1, 0.15) is 24.4 Å². The van der Waals surface area contributed by atoms with Crippen LogP contribution in [0, 0.1) is 12.3 Å². The molecule has 1 fully saturated rings.